The van der Waals surface area contributed by atoms with E-state index in [0.717, 1.165) is 22.6 Å². The minimum absolute atomic E-state index is 0.0754. The molecule has 144 valence electrons. The second-order valence-corrected chi connectivity index (χ2v) is 6.68. The van der Waals surface area contributed by atoms with Gasteiger partial charge >= 0.3 is 0 Å². The predicted molar refractivity (Wildman–Crippen MR) is 105 cm³/mol. The number of carbonyl (C=O) groups excluding carboxylic acids is 1. The molecule has 0 spiro atoms. The lowest BCUT2D eigenvalue weighted by molar-refractivity contribution is -0.117. The molecule has 2 heterocycles. The second kappa shape index (κ2) is 7.34. The van der Waals surface area contributed by atoms with Gasteiger partial charge in [0.05, 0.1) is 26.3 Å². The van der Waals surface area contributed by atoms with Crippen molar-refractivity contribution in [1.82, 2.24) is 14.8 Å². The Morgan fingerprint density at radius 2 is 1.79 bits per heavy atom. The van der Waals surface area contributed by atoms with Gasteiger partial charge in [0.25, 0.3) is 0 Å². The van der Waals surface area contributed by atoms with Gasteiger partial charge < -0.3 is 9.47 Å². The van der Waals surface area contributed by atoms with E-state index in [9.17, 15) is 4.79 Å². The summed E-state index contributed by atoms with van der Waals surface area (Å²) in [7, 11) is 3.30. The molecule has 3 aromatic rings. The van der Waals surface area contributed by atoms with E-state index in [0.29, 0.717) is 12.4 Å². The molecule has 0 bridgehead atoms. The van der Waals surface area contributed by atoms with E-state index in [1.54, 1.807) is 30.7 Å². The number of nitrogens with zero attached hydrogens (tertiary/aromatic N) is 4. The monoisotopic (exact) mass is 378 g/mol. The number of anilines is 1. The molecule has 1 aliphatic heterocycles. The Balaban J connectivity index is 1.83. The largest absolute Gasteiger partial charge is 0.497 e. The van der Waals surface area contributed by atoms with Gasteiger partial charge in [-0.15, -0.1) is 0 Å². The predicted octanol–water partition coefficient (Wildman–Crippen LogP) is 3.38. The van der Waals surface area contributed by atoms with Crippen LogP contribution in [0.5, 0.6) is 11.5 Å². The van der Waals surface area contributed by atoms with E-state index in [1.165, 1.54) is 6.33 Å². The van der Waals surface area contributed by atoms with Gasteiger partial charge in [-0.25, -0.2) is 4.68 Å². The molecule has 0 unspecified atom stereocenters. The molecule has 1 amide bonds. The van der Waals surface area contributed by atoms with Crippen molar-refractivity contribution in [2.45, 2.75) is 25.4 Å². The van der Waals surface area contributed by atoms with Crippen LogP contribution < -0.4 is 14.4 Å². The van der Waals surface area contributed by atoms with Gasteiger partial charge in [-0.05, 0) is 30.2 Å². The molecular weight excluding hydrogens is 356 g/mol. The summed E-state index contributed by atoms with van der Waals surface area (Å²) in [6, 6.07) is 15.4. The summed E-state index contributed by atoms with van der Waals surface area (Å²) in [5.41, 5.74) is 2.03. The Labute approximate surface area is 163 Å². The van der Waals surface area contributed by atoms with E-state index in [-0.39, 0.29) is 18.0 Å². The first-order chi connectivity index (χ1) is 13.6. The van der Waals surface area contributed by atoms with Crippen LogP contribution in [0.25, 0.3) is 0 Å². The van der Waals surface area contributed by atoms with Crippen LogP contribution in [-0.4, -0.2) is 34.9 Å². The zero-order valence-corrected chi connectivity index (χ0v) is 16.1. The van der Waals surface area contributed by atoms with Gasteiger partial charge in [-0.3, -0.25) is 9.69 Å². The third-order valence-electron chi connectivity index (χ3n) is 5.16. The molecule has 28 heavy (non-hydrogen) atoms. The van der Waals surface area contributed by atoms with Crippen molar-refractivity contribution in [2.75, 3.05) is 19.1 Å². The number of para-hydroxylation sites is 1. The standard InChI is InChI=1S/C21H22N4O3/c1-14(26)24-18(15-8-10-16(27-2)11-9-15)12-19(25-21(24)22-13-23-25)17-6-4-5-7-20(17)28-3/h4-11,13,18-19H,12H2,1-3H3/t18-,19+/m0/s1. The molecule has 2 atom stereocenters. The number of hydrogen-bond donors (Lipinski definition) is 0. The first-order valence-electron chi connectivity index (χ1n) is 9.10. The third kappa shape index (κ3) is 2.98. The van der Waals surface area contributed by atoms with Gasteiger partial charge in [0.2, 0.25) is 11.9 Å². The van der Waals surface area contributed by atoms with Crippen molar-refractivity contribution < 1.29 is 14.3 Å². The highest BCUT2D eigenvalue weighted by molar-refractivity contribution is 5.91. The van der Waals surface area contributed by atoms with Crippen molar-refractivity contribution in [3.05, 3.63) is 66.0 Å². The van der Waals surface area contributed by atoms with Crippen molar-refractivity contribution in [3.63, 3.8) is 0 Å². The summed E-state index contributed by atoms with van der Waals surface area (Å²) in [6.45, 7) is 1.55. The Morgan fingerprint density at radius 3 is 2.46 bits per heavy atom. The average Bonchev–Trinajstić information content (AvgIpc) is 3.22. The van der Waals surface area contributed by atoms with Crippen LogP contribution in [-0.2, 0) is 4.79 Å². The summed E-state index contributed by atoms with van der Waals surface area (Å²) < 4.78 is 12.7. The fourth-order valence-corrected chi connectivity index (χ4v) is 3.86. The number of carbonyl (C=O) groups is 1. The van der Waals surface area contributed by atoms with Crippen LogP contribution in [0.15, 0.2) is 54.9 Å². The number of fused-ring (bicyclic) bond motifs is 1. The van der Waals surface area contributed by atoms with Crippen LogP contribution in [0.2, 0.25) is 0 Å². The summed E-state index contributed by atoms with van der Waals surface area (Å²) in [4.78, 5) is 18.6. The number of hydrogen-bond acceptors (Lipinski definition) is 5. The quantitative estimate of drug-likeness (QED) is 0.696. The molecule has 0 N–H and O–H groups in total. The van der Waals surface area contributed by atoms with Gasteiger partial charge in [-0.1, -0.05) is 30.3 Å². The fraction of sp³-hybridized carbons (Fsp3) is 0.286. The molecule has 0 fully saturated rings. The Morgan fingerprint density at radius 1 is 1.04 bits per heavy atom. The van der Waals surface area contributed by atoms with Crippen molar-refractivity contribution >= 4 is 11.9 Å². The number of ether oxygens (including phenoxy) is 2. The van der Waals surface area contributed by atoms with Crippen LogP contribution >= 0.6 is 0 Å². The van der Waals surface area contributed by atoms with Gasteiger partial charge in [0.1, 0.15) is 17.8 Å². The lowest BCUT2D eigenvalue weighted by atomic mass is 9.91. The summed E-state index contributed by atoms with van der Waals surface area (Å²) in [5.74, 6) is 2.03. The van der Waals surface area contributed by atoms with Crippen LogP contribution in [0, 0.1) is 0 Å². The van der Waals surface area contributed by atoms with Crippen molar-refractivity contribution in [1.29, 1.82) is 0 Å². The smallest absolute Gasteiger partial charge is 0.231 e. The topological polar surface area (TPSA) is 69.5 Å². The number of aromatic nitrogens is 3. The number of rotatable bonds is 4. The summed E-state index contributed by atoms with van der Waals surface area (Å²) in [5, 5.41) is 4.41. The van der Waals surface area contributed by atoms with E-state index >= 15 is 0 Å². The van der Waals surface area contributed by atoms with Crippen molar-refractivity contribution in [2.24, 2.45) is 0 Å². The average molecular weight is 378 g/mol. The highest BCUT2D eigenvalue weighted by Gasteiger charge is 2.38. The van der Waals surface area contributed by atoms with E-state index < -0.39 is 0 Å². The molecule has 1 aliphatic rings. The number of amides is 1. The zero-order chi connectivity index (χ0) is 19.7. The molecule has 7 heteroatoms. The minimum Gasteiger partial charge on any atom is -0.497 e. The second-order valence-electron chi connectivity index (χ2n) is 6.68. The lowest BCUT2D eigenvalue weighted by Crippen LogP contribution is -2.41. The first kappa shape index (κ1) is 18.0. The molecule has 7 nitrogen and oxygen atoms in total. The Bertz CT molecular complexity index is 983. The highest BCUT2D eigenvalue weighted by Crippen LogP contribution is 2.44. The molecule has 4 rings (SSSR count). The van der Waals surface area contributed by atoms with E-state index in [4.69, 9.17) is 9.47 Å². The third-order valence-corrected chi connectivity index (χ3v) is 5.16. The van der Waals surface area contributed by atoms with Gasteiger partial charge in [0.15, 0.2) is 0 Å². The lowest BCUT2D eigenvalue weighted by Gasteiger charge is -2.38. The first-order valence-corrected chi connectivity index (χ1v) is 9.10. The molecular formula is C21H22N4O3. The summed E-state index contributed by atoms with van der Waals surface area (Å²) >= 11 is 0. The minimum atomic E-state index is -0.171. The Kier molecular flexibility index (Phi) is 4.73. The zero-order valence-electron chi connectivity index (χ0n) is 16.1. The van der Waals surface area contributed by atoms with E-state index in [2.05, 4.69) is 10.1 Å². The fourth-order valence-electron chi connectivity index (χ4n) is 3.86. The maximum atomic E-state index is 12.5. The SMILES string of the molecule is COc1ccc([C@@H]2C[C@H](c3ccccc3OC)n3ncnc3N2C(C)=O)cc1. The normalized spacial score (nSPS) is 18.5. The van der Waals surface area contributed by atoms with Crippen molar-refractivity contribution in [3.8, 4) is 11.5 Å². The molecule has 0 saturated heterocycles. The maximum Gasteiger partial charge on any atom is 0.231 e. The van der Waals surface area contributed by atoms with Gasteiger partial charge in [-0.2, -0.15) is 10.1 Å². The van der Waals surface area contributed by atoms with Crippen LogP contribution in [0.1, 0.15) is 36.6 Å². The number of benzene rings is 2. The highest BCUT2D eigenvalue weighted by atomic mass is 16.5. The molecule has 0 aliphatic carbocycles. The maximum absolute atomic E-state index is 12.5. The van der Waals surface area contributed by atoms with Crippen LogP contribution in [0.4, 0.5) is 5.95 Å². The molecule has 2 aromatic carbocycles. The van der Waals surface area contributed by atoms with E-state index in [1.807, 2.05) is 48.5 Å². The number of methoxy groups -OCH3 is 2. The molecule has 0 saturated carbocycles. The summed E-state index contributed by atoms with van der Waals surface area (Å²) in [6.07, 6.45) is 2.15. The Hall–Kier alpha value is -3.35. The molecule has 0 radical (unpaired) electrons. The van der Waals surface area contributed by atoms with Gasteiger partial charge in [0, 0.05) is 12.5 Å². The van der Waals surface area contributed by atoms with Crippen LogP contribution in [0.3, 0.4) is 0 Å². The molecule has 1 aromatic heterocycles.